The number of amides is 1. The number of aryl methyl sites for hydroxylation is 1. The highest BCUT2D eigenvalue weighted by atomic mass is 19.2. The van der Waals surface area contributed by atoms with Gasteiger partial charge >= 0.3 is 0 Å². The first-order valence-electron chi connectivity index (χ1n) is 11.9. The Bertz CT molecular complexity index is 1180. The van der Waals surface area contributed by atoms with E-state index in [0.29, 0.717) is 5.56 Å². The van der Waals surface area contributed by atoms with Gasteiger partial charge in [-0.3, -0.25) is 4.79 Å². The molecule has 2 saturated heterocycles. The van der Waals surface area contributed by atoms with Crippen LogP contribution in [-0.4, -0.2) is 101 Å². The molecule has 2 heterocycles. The number of halogens is 3. The fraction of sp³-hybridized carbons (Fsp3) is 0.480. The van der Waals surface area contributed by atoms with Crippen LogP contribution in [-0.2, 0) is 9.47 Å². The summed E-state index contributed by atoms with van der Waals surface area (Å²) in [5.74, 6) is -4.02. The second-order valence-electron chi connectivity index (χ2n) is 9.63. The SMILES string of the molecule is COC1OC(CO)C(O)C(O)C1NCC1(O)CN(C(=O)c2ccc(F)c(F)c2Nc2ccc(C)cc2F)C1. The lowest BCUT2D eigenvalue weighted by Crippen LogP contribution is -2.70. The molecule has 2 aromatic carbocycles. The molecule has 0 radical (unpaired) electrons. The van der Waals surface area contributed by atoms with E-state index in [4.69, 9.17) is 9.47 Å². The maximum Gasteiger partial charge on any atom is 0.256 e. The topological polar surface area (TPSA) is 144 Å². The summed E-state index contributed by atoms with van der Waals surface area (Å²) in [7, 11) is 1.31. The minimum atomic E-state index is -1.46. The van der Waals surface area contributed by atoms with Gasteiger partial charge in [0.15, 0.2) is 17.9 Å². The van der Waals surface area contributed by atoms with E-state index >= 15 is 0 Å². The summed E-state index contributed by atoms with van der Waals surface area (Å²) < 4.78 is 53.6. The maximum atomic E-state index is 14.7. The summed E-state index contributed by atoms with van der Waals surface area (Å²) in [6, 6.07) is 5.01. The van der Waals surface area contributed by atoms with Crippen molar-refractivity contribution in [2.24, 2.45) is 0 Å². The fourth-order valence-electron chi connectivity index (χ4n) is 4.61. The molecule has 0 bridgehead atoms. The second kappa shape index (κ2) is 11.1. The third-order valence-corrected chi connectivity index (χ3v) is 6.75. The van der Waals surface area contributed by atoms with Crippen molar-refractivity contribution in [3.05, 3.63) is 58.9 Å². The van der Waals surface area contributed by atoms with Crippen LogP contribution in [0, 0.1) is 24.4 Å². The van der Waals surface area contributed by atoms with Crippen molar-refractivity contribution in [1.82, 2.24) is 10.2 Å². The number of anilines is 2. The first-order chi connectivity index (χ1) is 18.0. The lowest BCUT2D eigenvalue weighted by atomic mass is 9.91. The van der Waals surface area contributed by atoms with Crippen LogP contribution in [0.5, 0.6) is 0 Å². The molecule has 5 unspecified atom stereocenters. The number of β-amino-alcohol motifs (C(OH)–C–C–N with tert-alkyl or cyclic N) is 1. The zero-order chi connectivity index (χ0) is 27.8. The number of aliphatic hydroxyl groups is 4. The van der Waals surface area contributed by atoms with Crippen LogP contribution in [0.4, 0.5) is 24.5 Å². The van der Waals surface area contributed by atoms with Crippen LogP contribution in [0.1, 0.15) is 15.9 Å². The van der Waals surface area contributed by atoms with Crippen LogP contribution < -0.4 is 10.6 Å². The Hall–Kier alpha value is -2.78. The Labute approximate surface area is 216 Å². The van der Waals surface area contributed by atoms with E-state index in [-0.39, 0.29) is 30.9 Å². The van der Waals surface area contributed by atoms with E-state index in [1.54, 1.807) is 13.0 Å². The molecule has 2 fully saturated rings. The van der Waals surface area contributed by atoms with Crippen molar-refractivity contribution in [2.75, 3.05) is 38.7 Å². The van der Waals surface area contributed by atoms with Gasteiger partial charge in [0.1, 0.15) is 29.7 Å². The summed E-state index contributed by atoms with van der Waals surface area (Å²) in [6.07, 6.45) is -4.88. The van der Waals surface area contributed by atoms with Crippen LogP contribution in [0.15, 0.2) is 30.3 Å². The van der Waals surface area contributed by atoms with Gasteiger partial charge in [-0.05, 0) is 36.8 Å². The highest BCUT2D eigenvalue weighted by Gasteiger charge is 2.48. The molecule has 0 aliphatic carbocycles. The third-order valence-electron chi connectivity index (χ3n) is 6.75. The number of ether oxygens (including phenoxy) is 2. The van der Waals surface area contributed by atoms with E-state index in [1.165, 1.54) is 24.1 Å². The molecule has 1 amide bonds. The predicted octanol–water partition coefficient (Wildman–Crippen LogP) is 0.386. The van der Waals surface area contributed by atoms with Gasteiger partial charge in [0.05, 0.1) is 42.7 Å². The molecule has 5 atom stereocenters. The molecule has 2 aliphatic rings. The number of likely N-dealkylation sites (tertiary alicyclic amines) is 1. The van der Waals surface area contributed by atoms with Gasteiger partial charge in [0.25, 0.3) is 5.91 Å². The number of benzene rings is 2. The van der Waals surface area contributed by atoms with Gasteiger partial charge in [0.2, 0.25) is 0 Å². The van der Waals surface area contributed by atoms with Crippen LogP contribution >= 0.6 is 0 Å². The highest BCUT2D eigenvalue weighted by molar-refractivity contribution is 6.01. The van der Waals surface area contributed by atoms with Crippen molar-refractivity contribution < 1.29 is 47.9 Å². The molecular formula is C25H30F3N3O7. The number of hydrogen-bond acceptors (Lipinski definition) is 9. The Balaban J connectivity index is 1.44. The Kier molecular flexibility index (Phi) is 8.28. The van der Waals surface area contributed by atoms with E-state index in [1.807, 2.05) is 0 Å². The van der Waals surface area contributed by atoms with Crippen LogP contribution in [0.3, 0.4) is 0 Å². The van der Waals surface area contributed by atoms with Gasteiger partial charge < -0.3 is 45.4 Å². The molecular weight excluding hydrogens is 511 g/mol. The maximum absolute atomic E-state index is 14.7. The molecule has 6 N–H and O–H groups in total. The predicted molar refractivity (Wildman–Crippen MR) is 128 cm³/mol. The molecule has 208 valence electrons. The minimum absolute atomic E-state index is 0.143. The number of aliphatic hydroxyl groups excluding tert-OH is 3. The molecule has 0 aromatic heterocycles. The van der Waals surface area contributed by atoms with Crippen molar-refractivity contribution in [2.45, 2.75) is 43.2 Å². The lowest BCUT2D eigenvalue weighted by molar-refractivity contribution is -0.264. The molecule has 4 rings (SSSR count). The Morgan fingerprint density at radius 3 is 2.50 bits per heavy atom. The zero-order valence-electron chi connectivity index (χ0n) is 20.7. The average molecular weight is 542 g/mol. The molecule has 0 spiro atoms. The quantitative estimate of drug-likeness (QED) is 0.280. The normalized spacial score (nSPS) is 26.7. The van der Waals surface area contributed by atoms with Crippen molar-refractivity contribution >= 4 is 17.3 Å². The summed E-state index contributed by atoms with van der Waals surface area (Å²) in [5.41, 5.74) is -1.78. The van der Waals surface area contributed by atoms with Crippen molar-refractivity contribution in [3.8, 4) is 0 Å². The number of rotatable bonds is 8. The fourth-order valence-corrected chi connectivity index (χ4v) is 4.61. The number of carbonyl (C=O) groups excluding carboxylic acids is 1. The van der Waals surface area contributed by atoms with Gasteiger partial charge in [-0.1, -0.05) is 6.07 Å². The second-order valence-corrected chi connectivity index (χ2v) is 9.63. The van der Waals surface area contributed by atoms with Crippen molar-refractivity contribution in [3.63, 3.8) is 0 Å². The molecule has 2 aliphatic heterocycles. The smallest absolute Gasteiger partial charge is 0.256 e. The van der Waals surface area contributed by atoms with Crippen molar-refractivity contribution in [1.29, 1.82) is 0 Å². The largest absolute Gasteiger partial charge is 0.394 e. The molecule has 2 aromatic rings. The third kappa shape index (κ3) is 5.50. The van der Waals surface area contributed by atoms with E-state index in [0.717, 1.165) is 12.1 Å². The summed E-state index contributed by atoms with van der Waals surface area (Å²) >= 11 is 0. The summed E-state index contributed by atoms with van der Waals surface area (Å²) in [4.78, 5) is 14.3. The standard InChI is InChI=1S/C25H30F3N3O7/c1-12-3-6-16(15(27)7-12)30-19-13(4-5-14(26)18(19)28)23(35)31-10-25(36,11-31)9-29-20-22(34)21(33)17(8-32)38-24(20)37-2/h3-7,17,20-22,24,29-30,32-34,36H,8-11H2,1-2H3. The molecule has 38 heavy (non-hydrogen) atoms. The summed E-state index contributed by atoms with van der Waals surface area (Å²) in [6.45, 7) is 0.591. The number of hydrogen-bond donors (Lipinski definition) is 6. The molecule has 13 heteroatoms. The van der Waals surface area contributed by atoms with Gasteiger partial charge in [0, 0.05) is 13.7 Å². The van der Waals surface area contributed by atoms with Crippen LogP contribution in [0.25, 0.3) is 0 Å². The summed E-state index contributed by atoms with van der Waals surface area (Å²) in [5, 5.41) is 46.1. The highest BCUT2D eigenvalue weighted by Crippen LogP contribution is 2.32. The number of nitrogens with zero attached hydrogens (tertiary/aromatic N) is 1. The molecule has 0 saturated carbocycles. The number of carbonyl (C=O) groups is 1. The number of methoxy groups -OCH3 is 1. The minimum Gasteiger partial charge on any atom is -0.394 e. The van der Waals surface area contributed by atoms with Crippen LogP contribution in [0.2, 0.25) is 0 Å². The molecule has 10 nitrogen and oxygen atoms in total. The average Bonchev–Trinajstić information content (AvgIpc) is 2.87. The van der Waals surface area contributed by atoms with Gasteiger partial charge in [-0.25, -0.2) is 13.2 Å². The first kappa shape index (κ1) is 28.2. The number of nitrogens with one attached hydrogen (secondary N) is 2. The van der Waals surface area contributed by atoms with E-state index in [2.05, 4.69) is 10.6 Å². The first-order valence-corrected chi connectivity index (χ1v) is 11.9. The monoisotopic (exact) mass is 541 g/mol. The lowest BCUT2D eigenvalue weighted by Gasteiger charge is -2.48. The zero-order valence-corrected chi connectivity index (χ0v) is 20.7. The Morgan fingerprint density at radius 2 is 1.87 bits per heavy atom. The van der Waals surface area contributed by atoms with E-state index < -0.39 is 71.9 Å². The van der Waals surface area contributed by atoms with E-state index in [9.17, 15) is 38.4 Å². The van der Waals surface area contributed by atoms with Gasteiger partial charge in [-0.2, -0.15) is 0 Å². The Morgan fingerprint density at radius 1 is 1.16 bits per heavy atom. The van der Waals surface area contributed by atoms with Gasteiger partial charge in [-0.15, -0.1) is 0 Å².